The minimum atomic E-state index is -3.46. The second-order valence-electron chi connectivity index (χ2n) is 4.83. The number of para-hydroxylation sites is 1. The van der Waals surface area contributed by atoms with E-state index >= 15 is 0 Å². The monoisotopic (exact) mass is 382 g/mol. The summed E-state index contributed by atoms with van der Waals surface area (Å²) >= 11 is 3.36. The number of halogens is 1. The van der Waals surface area contributed by atoms with Crippen molar-refractivity contribution in [2.24, 2.45) is 0 Å². The van der Waals surface area contributed by atoms with Gasteiger partial charge in [-0.05, 0) is 42.8 Å². The zero-order valence-electron chi connectivity index (χ0n) is 12.1. The molecule has 0 radical (unpaired) electrons. The van der Waals surface area contributed by atoms with E-state index in [0.29, 0.717) is 5.69 Å². The summed E-state index contributed by atoms with van der Waals surface area (Å²) in [5, 5.41) is 2.79. The van der Waals surface area contributed by atoms with E-state index in [-0.39, 0.29) is 17.2 Å². The van der Waals surface area contributed by atoms with Crippen molar-refractivity contribution in [1.82, 2.24) is 0 Å². The van der Waals surface area contributed by atoms with Crippen LogP contribution in [-0.2, 0) is 10.0 Å². The summed E-state index contributed by atoms with van der Waals surface area (Å²) in [7, 11) is -3.46. The number of sulfonamides is 1. The lowest BCUT2D eigenvalue weighted by atomic mass is 10.1. The molecule has 22 heavy (non-hydrogen) atoms. The van der Waals surface area contributed by atoms with E-state index in [0.717, 1.165) is 16.3 Å². The molecular formula is C15H15BrN2O3S. The Morgan fingerprint density at radius 3 is 2.41 bits per heavy atom. The first-order valence-electron chi connectivity index (χ1n) is 6.40. The Balaban J connectivity index is 2.30. The molecule has 0 fully saturated rings. The van der Waals surface area contributed by atoms with Crippen LogP contribution in [0.15, 0.2) is 46.9 Å². The van der Waals surface area contributed by atoms with E-state index in [4.69, 9.17) is 0 Å². The van der Waals surface area contributed by atoms with E-state index in [9.17, 15) is 13.2 Å². The predicted molar refractivity (Wildman–Crippen MR) is 91.7 cm³/mol. The van der Waals surface area contributed by atoms with Crippen LogP contribution in [-0.4, -0.2) is 20.6 Å². The Kier molecular flexibility index (Phi) is 4.87. The third-order valence-corrected chi connectivity index (χ3v) is 3.99. The molecule has 0 aromatic heterocycles. The summed E-state index contributed by atoms with van der Waals surface area (Å²) in [6.45, 7) is 1.88. The van der Waals surface area contributed by atoms with E-state index in [2.05, 4.69) is 26.0 Å². The average molecular weight is 383 g/mol. The molecule has 1 amide bonds. The first kappa shape index (κ1) is 16.5. The fourth-order valence-electron chi connectivity index (χ4n) is 1.93. The maximum Gasteiger partial charge on any atom is 0.257 e. The molecule has 0 aliphatic heterocycles. The minimum absolute atomic E-state index is 0.247. The normalized spacial score (nSPS) is 11.0. The fourth-order valence-corrected chi connectivity index (χ4v) is 2.98. The van der Waals surface area contributed by atoms with Crippen molar-refractivity contribution in [3.63, 3.8) is 0 Å². The van der Waals surface area contributed by atoms with Crippen molar-refractivity contribution in [3.8, 4) is 0 Å². The molecule has 2 N–H and O–H groups in total. The standard InChI is InChI=1S/C15H15BrN2O3S/c1-10-9-11(16)7-8-13(10)17-15(19)12-5-3-4-6-14(12)18-22(2,20)21/h3-9,18H,1-2H3,(H,17,19). The van der Waals surface area contributed by atoms with E-state index in [1.165, 1.54) is 0 Å². The van der Waals surface area contributed by atoms with Crippen LogP contribution in [0, 0.1) is 6.92 Å². The van der Waals surface area contributed by atoms with Gasteiger partial charge in [-0.15, -0.1) is 0 Å². The molecule has 116 valence electrons. The summed E-state index contributed by atoms with van der Waals surface area (Å²) in [6, 6.07) is 11.9. The highest BCUT2D eigenvalue weighted by molar-refractivity contribution is 9.10. The van der Waals surface area contributed by atoms with Crippen LogP contribution >= 0.6 is 15.9 Å². The molecule has 0 aliphatic rings. The Morgan fingerprint density at radius 2 is 1.77 bits per heavy atom. The number of rotatable bonds is 4. The highest BCUT2D eigenvalue weighted by Crippen LogP contribution is 2.22. The van der Waals surface area contributed by atoms with Crippen LogP contribution < -0.4 is 10.0 Å². The minimum Gasteiger partial charge on any atom is -0.322 e. The van der Waals surface area contributed by atoms with Crippen LogP contribution in [0.5, 0.6) is 0 Å². The van der Waals surface area contributed by atoms with E-state index < -0.39 is 10.0 Å². The van der Waals surface area contributed by atoms with Crippen molar-refractivity contribution in [3.05, 3.63) is 58.1 Å². The SMILES string of the molecule is Cc1cc(Br)ccc1NC(=O)c1ccccc1NS(C)(=O)=O. The van der Waals surface area contributed by atoms with Gasteiger partial charge in [-0.2, -0.15) is 0 Å². The molecule has 2 rings (SSSR count). The lowest BCUT2D eigenvalue weighted by Crippen LogP contribution is -2.17. The summed E-state index contributed by atoms with van der Waals surface area (Å²) in [6.07, 6.45) is 1.04. The molecule has 2 aromatic rings. The highest BCUT2D eigenvalue weighted by Gasteiger charge is 2.14. The second-order valence-corrected chi connectivity index (χ2v) is 7.50. The van der Waals surface area contributed by atoms with Crippen molar-refractivity contribution >= 4 is 43.2 Å². The van der Waals surface area contributed by atoms with Gasteiger partial charge < -0.3 is 5.32 Å². The van der Waals surface area contributed by atoms with Gasteiger partial charge in [0.25, 0.3) is 5.91 Å². The molecule has 7 heteroatoms. The number of amides is 1. The van der Waals surface area contributed by atoms with Crippen LogP contribution in [0.1, 0.15) is 15.9 Å². The Bertz CT molecular complexity index is 819. The molecule has 0 unspecified atom stereocenters. The zero-order chi connectivity index (χ0) is 16.3. The molecule has 0 heterocycles. The summed E-state index contributed by atoms with van der Waals surface area (Å²) in [4.78, 5) is 12.4. The maximum atomic E-state index is 12.4. The van der Waals surface area contributed by atoms with Crippen LogP contribution in [0.25, 0.3) is 0 Å². The van der Waals surface area contributed by atoms with Gasteiger partial charge in [-0.25, -0.2) is 8.42 Å². The van der Waals surface area contributed by atoms with Crippen LogP contribution in [0.2, 0.25) is 0 Å². The second kappa shape index (κ2) is 6.50. The summed E-state index contributed by atoms with van der Waals surface area (Å²) in [5.74, 6) is -0.378. The molecular weight excluding hydrogens is 368 g/mol. The molecule has 2 aromatic carbocycles. The number of anilines is 2. The van der Waals surface area contributed by atoms with Gasteiger partial charge in [-0.3, -0.25) is 9.52 Å². The molecule has 0 bridgehead atoms. The Morgan fingerprint density at radius 1 is 1.09 bits per heavy atom. The number of hydrogen-bond donors (Lipinski definition) is 2. The number of nitrogens with one attached hydrogen (secondary N) is 2. The topological polar surface area (TPSA) is 75.3 Å². The third-order valence-electron chi connectivity index (χ3n) is 2.90. The van der Waals surface area contributed by atoms with Gasteiger partial charge in [0.15, 0.2) is 0 Å². The first-order chi connectivity index (χ1) is 10.3. The predicted octanol–water partition coefficient (Wildman–Crippen LogP) is 3.38. The van der Waals surface area contributed by atoms with Crippen molar-refractivity contribution in [2.45, 2.75) is 6.92 Å². The number of carbonyl (C=O) groups is 1. The molecule has 5 nitrogen and oxygen atoms in total. The zero-order valence-corrected chi connectivity index (χ0v) is 14.5. The van der Waals surface area contributed by atoms with Crippen molar-refractivity contribution in [1.29, 1.82) is 0 Å². The molecule has 0 aliphatic carbocycles. The summed E-state index contributed by atoms with van der Waals surface area (Å²) in [5.41, 5.74) is 2.08. The van der Waals surface area contributed by atoms with E-state index in [1.807, 2.05) is 19.1 Å². The highest BCUT2D eigenvalue weighted by atomic mass is 79.9. The average Bonchev–Trinajstić information content (AvgIpc) is 2.40. The number of carbonyl (C=O) groups excluding carboxylic acids is 1. The smallest absolute Gasteiger partial charge is 0.257 e. The number of aryl methyl sites for hydroxylation is 1. The van der Waals surface area contributed by atoms with Crippen LogP contribution in [0.3, 0.4) is 0 Å². The van der Waals surface area contributed by atoms with E-state index in [1.54, 1.807) is 30.3 Å². The van der Waals surface area contributed by atoms with Gasteiger partial charge in [0.05, 0.1) is 17.5 Å². The largest absolute Gasteiger partial charge is 0.322 e. The number of hydrogen-bond acceptors (Lipinski definition) is 3. The Hall–Kier alpha value is -1.86. The summed E-state index contributed by atoms with van der Waals surface area (Å²) < 4.78 is 26.0. The lowest BCUT2D eigenvalue weighted by molar-refractivity contribution is 0.102. The number of benzene rings is 2. The van der Waals surface area contributed by atoms with Gasteiger partial charge in [-0.1, -0.05) is 28.1 Å². The molecule has 0 spiro atoms. The van der Waals surface area contributed by atoms with Crippen molar-refractivity contribution in [2.75, 3.05) is 16.3 Å². The molecule has 0 atom stereocenters. The third kappa shape index (κ3) is 4.32. The van der Waals surface area contributed by atoms with Gasteiger partial charge in [0.2, 0.25) is 10.0 Å². The lowest BCUT2D eigenvalue weighted by Gasteiger charge is -2.12. The first-order valence-corrected chi connectivity index (χ1v) is 9.09. The Labute approximate surface area is 137 Å². The quantitative estimate of drug-likeness (QED) is 0.850. The van der Waals surface area contributed by atoms with Crippen LogP contribution in [0.4, 0.5) is 11.4 Å². The van der Waals surface area contributed by atoms with Gasteiger partial charge in [0.1, 0.15) is 0 Å². The fraction of sp³-hybridized carbons (Fsp3) is 0.133. The molecule has 0 saturated heterocycles. The maximum absolute atomic E-state index is 12.4. The van der Waals surface area contributed by atoms with Gasteiger partial charge in [0, 0.05) is 10.2 Å². The van der Waals surface area contributed by atoms with Gasteiger partial charge >= 0.3 is 0 Å². The molecule has 0 saturated carbocycles. The van der Waals surface area contributed by atoms with Crippen molar-refractivity contribution < 1.29 is 13.2 Å².